The van der Waals surface area contributed by atoms with Crippen LogP contribution in [0.4, 0.5) is 0 Å². The lowest BCUT2D eigenvalue weighted by molar-refractivity contribution is 0.0518. The molecule has 0 bridgehead atoms. The Labute approximate surface area is 144 Å². The number of methoxy groups -OCH3 is 1. The Balaban J connectivity index is 1.72. The number of benzene rings is 1. The highest BCUT2D eigenvalue weighted by Gasteiger charge is 2.27. The molecule has 1 aromatic carbocycles. The molecule has 1 fully saturated rings. The topological polar surface area (TPSA) is 48.3 Å². The van der Waals surface area contributed by atoms with Gasteiger partial charge in [-0.2, -0.15) is 0 Å². The van der Waals surface area contributed by atoms with Crippen molar-refractivity contribution in [3.05, 3.63) is 53.6 Å². The molecule has 130 valence electrons. The summed E-state index contributed by atoms with van der Waals surface area (Å²) in [5.74, 6) is 1.66. The minimum Gasteiger partial charge on any atom is -0.381 e. The summed E-state index contributed by atoms with van der Waals surface area (Å²) in [4.78, 5) is 4.59. The van der Waals surface area contributed by atoms with E-state index in [1.165, 1.54) is 11.1 Å². The van der Waals surface area contributed by atoms with E-state index in [2.05, 4.69) is 46.2 Å². The van der Waals surface area contributed by atoms with Gasteiger partial charge in [0, 0.05) is 46.3 Å². The molecular formula is C19H27N3O2. The lowest BCUT2D eigenvalue weighted by Crippen LogP contribution is -2.33. The van der Waals surface area contributed by atoms with Crippen LogP contribution in [0, 0.1) is 5.92 Å². The number of aryl methyl sites for hydroxylation is 1. The number of imidazole rings is 1. The van der Waals surface area contributed by atoms with Crippen LogP contribution < -0.4 is 5.32 Å². The third-order valence-corrected chi connectivity index (χ3v) is 4.70. The summed E-state index contributed by atoms with van der Waals surface area (Å²) in [5.41, 5.74) is 2.48. The Morgan fingerprint density at radius 3 is 2.83 bits per heavy atom. The number of nitrogens with one attached hydrogen (secondary N) is 1. The van der Waals surface area contributed by atoms with E-state index in [1.54, 1.807) is 7.11 Å². The minimum absolute atomic E-state index is 0.250. The molecule has 1 saturated heterocycles. The molecule has 0 aliphatic carbocycles. The average Bonchev–Trinajstić information content (AvgIpc) is 3.03. The number of ether oxygens (including phenoxy) is 2. The fraction of sp³-hybridized carbons (Fsp3) is 0.526. The Kier molecular flexibility index (Phi) is 6.01. The first-order valence-corrected chi connectivity index (χ1v) is 8.63. The molecule has 2 aromatic rings. The molecule has 2 heterocycles. The SMILES string of the molecule is COCc1cccc(CN[C@H](c2nccn2C)C2CCOCC2)c1. The first kappa shape index (κ1) is 17.1. The lowest BCUT2D eigenvalue weighted by Gasteiger charge is -2.30. The Morgan fingerprint density at radius 2 is 2.12 bits per heavy atom. The lowest BCUT2D eigenvalue weighted by atomic mass is 9.91. The molecule has 0 radical (unpaired) electrons. The van der Waals surface area contributed by atoms with Gasteiger partial charge in [0.05, 0.1) is 12.6 Å². The van der Waals surface area contributed by atoms with Crippen LogP contribution >= 0.6 is 0 Å². The third kappa shape index (κ3) is 4.23. The zero-order valence-electron chi connectivity index (χ0n) is 14.6. The molecule has 24 heavy (non-hydrogen) atoms. The molecule has 0 saturated carbocycles. The fourth-order valence-electron chi connectivity index (χ4n) is 3.42. The second-order valence-electron chi connectivity index (χ2n) is 6.46. The molecule has 1 aromatic heterocycles. The molecule has 1 N–H and O–H groups in total. The van der Waals surface area contributed by atoms with Crippen LogP contribution in [0.25, 0.3) is 0 Å². The number of rotatable bonds is 7. The van der Waals surface area contributed by atoms with E-state index < -0.39 is 0 Å². The summed E-state index contributed by atoms with van der Waals surface area (Å²) >= 11 is 0. The van der Waals surface area contributed by atoms with Gasteiger partial charge in [-0.25, -0.2) is 4.98 Å². The molecule has 0 unspecified atom stereocenters. The van der Waals surface area contributed by atoms with Gasteiger partial charge in [0.25, 0.3) is 0 Å². The predicted molar refractivity (Wildman–Crippen MR) is 93.5 cm³/mol. The summed E-state index contributed by atoms with van der Waals surface area (Å²) in [5, 5.41) is 3.74. The summed E-state index contributed by atoms with van der Waals surface area (Å²) < 4.78 is 12.9. The van der Waals surface area contributed by atoms with Gasteiger partial charge in [0.2, 0.25) is 0 Å². The highest BCUT2D eigenvalue weighted by molar-refractivity contribution is 5.23. The van der Waals surface area contributed by atoms with Crippen LogP contribution in [-0.4, -0.2) is 29.9 Å². The molecule has 3 rings (SSSR count). The van der Waals surface area contributed by atoms with Crippen molar-refractivity contribution in [3.63, 3.8) is 0 Å². The number of hydrogen-bond acceptors (Lipinski definition) is 4. The summed E-state index contributed by atoms with van der Waals surface area (Å²) in [7, 11) is 3.79. The molecule has 0 spiro atoms. The van der Waals surface area contributed by atoms with Gasteiger partial charge in [0.15, 0.2) is 0 Å². The standard InChI is InChI=1S/C19H27N3O2/c1-22-9-8-20-19(22)18(17-6-10-24-11-7-17)21-13-15-4-3-5-16(12-15)14-23-2/h3-5,8-9,12,17-18,21H,6-7,10-11,13-14H2,1-2H3/t18-/m0/s1. The second-order valence-corrected chi connectivity index (χ2v) is 6.46. The van der Waals surface area contributed by atoms with Crippen molar-refractivity contribution in [2.24, 2.45) is 13.0 Å². The molecule has 5 heteroatoms. The maximum atomic E-state index is 5.53. The molecule has 1 aliphatic rings. The number of aromatic nitrogens is 2. The van der Waals surface area contributed by atoms with Crippen LogP contribution in [0.3, 0.4) is 0 Å². The van der Waals surface area contributed by atoms with Crippen LogP contribution in [0.2, 0.25) is 0 Å². The van der Waals surface area contributed by atoms with Gasteiger partial charge in [-0.1, -0.05) is 24.3 Å². The van der Waals surface area contributed by atoms with E-state index in [4.69, 9.17) is 9.47 Å². The maximum Gasteiger partial charge on any atom is 0.125 e. The monoisotopic (exact) mass is 329 g/mol. The van der Waals surface area contributed by atoms with Crippen LogP contribution in [0.5, 0.6) is 0 Å². The van der Waals surface area contributed by atoms with Crippen molar-refractivity contribution in [2.45, 2.75) is 32.0 Å². The summed E-state index contributed by atoms with van der Waals surface area (Å²) in [6.07, 6.45) is 6.05. The van der Waals surface area contributed by atoms with Gasteiger partial charge in [0.1, 0.15) is 5.82 Å². The molecule has 1 atom stereocenters. The maximum absolute atomic E-state index is 5.53. The van der Waals surface area contributed by atoms with Crippen molar-refractivity contribution in [1.82, 2.24) is 14.9 Å². The Bertz CT molecular complexity index is 635. The van der Waals surface area contributed by atoms with Crippen molar-refractivity contribution < 1.29 is 9.47 Å². The predicted octanol–water partition coefficient (Wildman–Crippen LogP) is 2.82. The van der Waals surface area contributed by atoms with Crippen molar-refractivity contribution in [2.75, 3.05) is 20.3 Å². The van der Waals surface area contributed by atoms with E-state index >= 15 is 0 Å². The van der Waals surface area contributed by atoms with Gasteiger partial charge < -0.3 is 19.4 Å². The number of hydrogen-bond donors (Lipinski definition) is 1. The van der Waals surface area contributed by atoms with Gasteiger partial charge in [-0.05, 0) is 29.9 Å². The first-order chi connectivity index (χ1) is 11.8. The highest BCUT2D eigenvalue weighted by atomic mass is 16.5. The van der Waals surface area contributed by atoms with Crippen molar-refractivity contribution in [1.29, 1.82) is 0 Å². The Hall–Kier alpha value is -1.69. The molecule has 0 amide bonds. The first-order valence-electron chi connectivity index (χ1n) is 8.63. The third-order valence-electron chi connectivity index (χ3n) is 4.70. The highest BCUT2D eigenvalue weighted by Crippen LogP contribution is 2.29. The van der Waals surface area contributed by atoms with Crippen molar-refractivity contribution in [3.8, 4) is 0 Å². The fourth-order valence-corrected chi connectivity index (χ4v) is 3.42. The quantitative estimate of drug-likeness (QED) is 0.848. The zero-order valence-corrected chi connectivity index (χ0v) is 14.6. The summed E-state index contributed by atoms with van der Waals surface area (Å²) in [6, 6.07) is 8.80. The van der Waals surface area contributed by atoms with E-state index in [9.17, 15) is 0 Å². The normalized spacial score (nSPS) is 17.1. The van der Waals surface area contributed by atoms with Crippen molar-refractivity contribution >= 4 is 0 Å². The smallest absolute Gasteiger partial charge is 0.125 e. The molecule has 1 aliphatic heterocycles. The van der Waals surface area contributed by atoms with Crippen LogP contribution in [0.1, 0.15) is 35.8 Å². The number of nitrogens with zero attached hydrogens (tertiary/aromatic N) is 2. The van der Waals surface area contributed by atoms with Crippen LogP contribution in [-0.2, 0) is 29.7 Å². The molecule has 5 nitrogen and oxygen atoms in total. The van der Waals surface area contributed by atoms with E-state index in [0.29, 0.717) is 12.5 Å². The average molecular weight is 329 g/mol. The van der Waals surface area contributed by atoms with Gasteiger partial charge in [-0.15, -0.1) is 0 Å². The minimum atomic E-state index is 0.250. The van der Waals surface area contributed by atoms with Gasteiger partial charge >= 0.3 is 0 Å². The Morgan fingerprint density at radius 1 is 1.33 bits per heavy atom. The molecular weight excluding hydrogens is 302 g/mol. The largest absolute Gasteiger partial charge is 0.381 e. The zero-order chi connectivity index (χ0) is 16.8. The summed E-state index contributed by atoms with van der Waals surface area (Å²) in [6.45, 7) is 3.16. The van der Waals surface area contributed by atoms with Gasteiger partial charge in [-0.3, -0.25) is 0 Å². The van der Waals surface area contributed by atoms with Crippen LogP contribution in [0.15, 0.2) is 36.7 Å². The second kappa shape index (κ2) is 8.42. The van der Waals surface area contributed by atoms with E-state index in [1.807, 2.05) is 12.4 Å². The van der Waals surface area contributed by atoms with E-state index in [-0.39, 0.29) is 6.04 Å². The van der Waals surface area contributed by atoms with E-state index in [0.717, 1.165) is 38.4 Å².